The van der Waals surface area contributed by atoms with Crippen LogP contribution in [0.4, 0.5) is 5.69 Å². The van der Waals surface area contributed by atoms with Crippen molar-refractivity contribution in [1.82, 2.24) is 20.1 Å². The molecule has 2 aromatic rings. The van der Waals surface area contributed by atoms with Crippen LogP contribution >= 0.6 is 11.3 Å². The molecule has 3 N–H and O–H groups in total. The van der Waals surface area contributed by atoms with E-state index < -0.39 is 0 Å². The van der Waals surface area contributed by atoms with Crippen molar-refractivity contribution in [2.24, 2.45) is 0 Å². The fourth-order valence-electron chi connectivity index (χ4n) is 1.80. The van der Waals surface area contributed by atoms with Crippen molar-refractivity contribution in [2.75, 3.05) is 18.5 Å². The zero-order chi connectivity index (χ0) is 15.9. The maximum absolute atomic E-state index is 11.5. The van der Waals surface area contributed by atoms with Gasteiger partial charge in [-0.25, -0.2) is 4.98 Å². The summed E-state index contributed by atoms with van der Waals surface area (Å²) in [5, 5.41) is 21.8. The Balaban J connectivity index is 1.82. The molecule has 0 aromatic carbocycles. The smallest absolute Gasteiger partial charge is 0.241 e. The molecule has 0 fully saturated rings. The third-order valence-corrected chi connectivity index (χ3v) is 4.10. The minimum atomic E-state index is -0.176. The first-order chi connectivity index (χ1) is 10.6. The number of rotatable bonds is 8. The van der Waals surface area contributed by atoms with E-state index in [0.717, 1.165) is 16.4 Å². The van der Waals surface area contributed by atoms with Crippen LogP contribution in [0.3, 0.4) is 0 Å². The third-order valence-electron chi connectivity index (χ3n) is 2.91. The Bertz CT molecular complexity index is 608. The Labute approximate surface area is 133 Å². The van der Waals surface area contributed by atoms with E-state index in [1.165, 1.54) is 0 Å². The molecule has 2 aromatic heterocycles. The van der Waals surface area contributed by atoms with Gasteiger partial charge in [0.05, 0.1) is 35.7 Å². The van der Waals surface area contributed by atoms with Gasteiger partial charge in [-0.05, 0) is 0 Å². The number of carbonyl (C=O) groups is 1. The molecule has 7 nitrogen and oxygen atoms in total. The number of aromatic nitrogens is 3. The first-order valence-corrected chi connectivity index (χ1v) is 8.04. The summed E-state index contributed by atoms with van der Waals surface area (Å²) in [5.74, 6) is 0.267. The maximum atomic E-state index is 11.5. The molecular formula is C14H21N5O2S. The Morgan fingerprint density at radius 1 is 1.50 bits per heavy atom. The zero-order valence-corrected chi connectivity index (χ0v) is 13.6. The molecule has 0 atom stereocenters. The van der Waals surface area contributed by atoms with E-state index in [0.29, 0.717) is 12.5 Å². The highest BCUT2D eigenvalue weighted by Crippen LogP contribution is 2.19. The van der Waals surface area contributed by atoms with Crippen LogP contribution in [0.2, 0.25) is 0 Å². The second kappa shape index (κ2) is 7.90. The lowest BCUT2D eigenvalue weighted by Crippen LogP contribution is -2.30. The number of anilines is 1. The van der Waals surface area contributed by atoms with E-state index >= 15 is 0 Å². The first kappa shape index (κ1) is 16.4. The van der Waals surface area contributed by atoms with Gasteiger partial charge in [0.1, 0.15) is 6.54 Å². The van der Waals surface area contributed by atoms with E-state index in [1.54, 1.807) is 28.4 Å². The monoisotopic (exact) mass is 323 g/mol. The average Bonchev–Trinajstić information content (AvgIpc) is 3.12. The molecule has 8 heteroatoms. The molecular weight excluding hydrogens is 302 g/mol. The number of carbonyl (C=O) groups excluding carboxylic acids is 1. The number of thiazole rings is 1. The van der Waals surface area contributed by atoms with Gasteiger partial charge in [0, 0.05) is 24.0 Å². The summed E-state index contributed by atoms with van der Waals surface area (Å²) < 4.78 is 1.55. The number of amides is 1. The molecule has 0 aliphatic heterocycles. The second-order valence-electron chi connectivity index (χ2n) is 5.19. The lowest BCUT2D eigenvalue weighted by Gasteiger charge is -2.03. The van der Waals surface area contributed by atoms with E-state index in [4.69, 9.17) is 5.11 Å². The summed E-state index contributed by atoms with van der Waals surface area (Å²) in [5.41, 5.74) is 1.84. The van der Waals surface area contributed by atoms with Crippen molar-refractivity contribution in [1.29, 1.82) is 0 Å². The van der Waals surface area contributed by atoms with Crippen molar-refractivity contribution in [2.45, 2.75) is 32.9 Å². The summed E-state index contributed by atoms with van der Waals surface area (Å²) in [6.07, 6.45) is 3.45. The minimum absolute atomic E-state index is 0.0658. The second-order valence-corrected chi connectivity index (χ2v) is 6.08. The van der Waals surface area contributed by atoms with Crippen LogP contribution in [0, 0.1) is 0 Å². The van der Waals surface area contributed by atoms with Crippen LogP contribution in [0.5, 0.6) is 0 Å². The van der Waals surface area contributed by atoms with Gasteiger partial charge in [0.2, 0.25) is 5.91 Å². The molecule has 0 saturated carbocycles. The number of aliphatic hydroxyl groups is 1. The highest BCUT2D eigenvalue weighted by atomic mass is 32.1. The van der Waals surface area contributed by atoms with Gasteiger partial charge in [-0.2, -0.15) is 5.10 Å². The van der Waals surface area contributed by atoms with E-state index in [9.17, 15) is 4.79 Å². The van der Waals surface area contributed by atoms with Crippen LogP contribution in [-0.2, 0) is 17.9 Å². The summed E-state index contributed by atoms with van der Waals surface area (Å²) >= 11 is 1.67. The van der Waals surface area contributed by atoms with Crippen molar-refractivity contribution in [3.05, 3.63) is 28.5 Å². The lowest BCUT2D eigenvalue weighted by molar-refractivity contribution is -0.122. The van der Waals surface area contributed by atoms with Crippen LogP contribution in [0.1, 0.15) is 30.5 Å². The van der Waals surface area contributed by atoms with Crippen molar-refractivity contribution in [3.8, 4) is 0 Å². The van der Waals surface area contributed by atoms with Gasteiger partial charge < -0.3 is 15.7 Å². The summed E-state index contributed by atoms with van der Waals surface area (Å²) in [6, 6.07) is 0. The molecule has 0 spiro atoms. The Kier molecular flexibility index (Phi) is 5.91. The van der Waals surface area contributed by atoms with Crippen LogP contribution < -0.4 is 10.6 Å². The number of nitrogens with one attached hydrogen (secondary N) is 2. The van der Waals surface area contributed by atoms with Gasteiger partial charge in [-0.15, -0.1) is 11.3 Å². The highest BCUT2D eigenvalue weighted by Gasteiger charge is 2.07. The fourth-order valence-corrected chi connectivity index (χ4v) is 2.64. The molecule has 0 aliphatic rings. The lowest BCUT2D eigenvalue weighted by atomic mass is 10.2. The zero-order valence-electron chi connectivity index (χ0n) is 12.7. The Morgan fingerprint density at radius 3 is 3.00 bits per heavy atom. The molecule has 2 rings (SSSR count). The quantitative estimate of drug-likeness (QED) is 0.678. The first-order valence-electron chi connectivity index (χ1n) is 7.16. The molecule has 0 unspecified atom stereocenters. The molecule has 0 radical (unpaired) electrons. The molecule has 0 saturated heterocycles. The molecule has 0 bridgehead atoms. The van der Waals surface area contributed by atoms with Gasteiger partial charge in [0.25, 0.3) is 0 Å². The van der Waals surface area contributed by atoms with Gasteiger partial charge >= 0.3 is 0 Å². The van der Waals surface area contributed by atoms with Crippen molar-refractivity contribution >= 4 is 22.9 Å². The van der Waals surface area contributed by atoms with Gasteiger partial charge in [-0.3, -0.25) is 9.48 Å². The SMILES string of the molecule is CC(C)c1nc(CNc2cnn(CC(=O)NCCO)c2)cs1. The van der Waals surface area contributed by atoms with Crippen LogP contribution in [0.25, 0.3) is 0 Å². The Hall–Kier alpha value is -1.93. The number of nitrogens with zero attached hydrogens (tertiary/aromatic N) is 3. The predicted molar refractivity (Wildman–Crippen MR) is 85.9 cm³/mol. The topological polar surface area (TPSA) is 92.1 Å². The van der Waals surface area contributed by atoms with E-state index in [2.05, 4.69) is 39.9 Å². The van der Waals surface area contributed by atoms with Crippen LogP contribution in [0.15, 0.2) is 17.8 Å². The predicted octanol–water partition coefficient (Wildman–Crippen LogP) is 1.18. The Morgan fingerprint density at radius 2 is 2.32 bits per heavy atom. The molecule has 1 amide bonds. The normalized spacial score (nSPS) is 10.9. The largest absolute Gasteiger partial charge is 0.395 e. The van der Waals surface area contributed by atoms with Gasteiger partial charge in [-0.1, -0.05) is 13.8 Å². The average molecular weight is 323 g/mol. The van der Waals surface area contributed by atoms with Crippen molar-refractivity contribution < 1.29 is 9.90 Å². The highest BCUT2D eigenvalue weighted by molar-refractivity contribution is 7.09. The summed E-state index contributed by atoms with van der Waals surface area (Å²) in [4.78, 5) is 16.1. The number of aliphatic hydroxyl groups excluding tert-OH is 1. The van der Waals surface area contributed by atoms with Gasteiger partial charge in [0.15, 0.2) is 0 Å². The molecule has 0 aliphatic carbocycles. The van der Waals surface area contributed by atoms with E-state index in [-0.39, 0.29) is 25.6 Å². The number of hydrogen-bond donors (Lipinski definition) is 3. The standard InChI is InChI=1S/C14H21N5O2S/c1-10(2)14-18-12(9-22-14)5-16-11-6-17-19(7-11)8-13(21)15-3-4-20/h6-7,9-10,16,20H,3-5,8H2,1-2H3,(H,15,21). The molecule has 22 heavy (non-hydrogen) atoms. The molecule has 120 valence electrons. The maximum Gasteiger partial charge on any atom is 0.241 e. The minimum Gasteiger partial charge on any atom is -0.395 e. The summed E-state index contributed by atoms with van der Waals surface area (Å²) in [7, 11) is 0. The van der Waals surface area contributed by atoms with E-state index in [1.807, 2.05) is 0 Å². The molecule has 2 heterocycles. The number of hydrogen-bond acceptors (Lipinski definition) is 6. The fraction of sp³-hybridized carbons (Fsp3) is 0.500. The van der Waals surface area contributed by atoms with Crippen molar-refractivity contribution in [3.63, 3.8) is 0 Å². The van der Waals surface area contributed by atoms with Crippen LogP contribution in [-0.4, -0.2) is 38.9 Å². The summed E-state index contributed by atoms with van der Waals surface area (Å²) in [6.45, 7) is 5.21. The third kappa shape index (κ3) is 4.81.